The smallest absolute Gasteiger partial charge is 0.259 e. The minimum Gasteiger partial charge on any atom is -0.481 e. The number of nitrogens with zero attached hydrogens (tertiary/aromatic N) is 5. The third-order valence-corrected chi connectivity index (χ3v) is 6.88. The molecule has 1 atom stereocenters. The van der Waals surface area contributed by atoms with Crippen LogP contribution in [0.25, 0.3) is 11.4 Å². The Morgan fingerprint density at radius 1 is 1.17 bits per heavy atom. The van der Waals surface area contributed by atoms with Gasteiger partial charge >= 0.3 is 0 Å². The van der Waals surface area contributed by atoms with Gasteiger partial charge in [-0.05, 0) is 49.8 Å². The van der Waals surface area contributed by atoms with Gasteiger partial charge in [0.05, 0.1) is 19.8 Å². The highest BCUT2D eigenvalue weighted by molar-refractivity contribution is 5.96. The molecule has 184 valence electrons. The Balaban J connectivity index is 1.20. The molecule has 3 aromatic heterocycles. The van der Waals surface area contributed by atoms with Crippen LogP contribution in [0.4, 0.5) is 0 Å². The monoisotopic (exact) mass is 479 g/mol. The van der Waals surface area contributed by atoms with Crippen LogP contribution in [-0.4, -0.2) is 70.4 Å². The number of aromatic nitrogens is 4. The second-order valence-corrected chi connectivity index (χ2v) is 9.05. The molecule has 1 spiro atoms. The van der Waals surface area contributed by atoms with Gasteiger partial charge in [-0.3, -0.25) is 9.78 Å². The summed E-state index contributed by atoms with van der Waals surface area (Å²) in [7, 11) is 3.03. The van der Waals surface area contributed by atoms with Gasteiger partial charge in [0, 0.05) is 50.1 Å². The molecular weight excluding hydrogens is 450 g/mol. The second kappa shape index (κ2) is 9.99. The molecule has 0 N–H and O–H groups in total. The van der Waals surface area contributed by atoms with Gasteiger partial charge in [-0.1, -0.05) is 5.16 Å². The number of hydrogen-bond acceptors (Lipinski definition) is 9. The summed E-state index contributed by atoms with van der Waals surface area (Å²) in [5, 5.41) is 4.11. The van der Waals surface area contributed by atoms with Crippen LogP contribution in [0.3, 0.4) is 0 Å². The van der Waals surface area contributed by atoms with Crippen LogP contribution in [0.1, 0.15) is 41.9 Å². The topological polar surface area (TPSA) is 113 Å². The van der Waals surface area contributed by atoms with E-state index in [4.69, 9.17) is 18.7 Å². The third-order valence-electron chi connectivity index (χ3n) is 6.88. The molecule has 2 fully saturated rings. The van der Waals surface area contributed by atoms with Crippen molar-refractivity contribution in [3.05, 3.63) is 48.1 Å². The molecule has 0 aliphatic carbocycles. The lowest BCUT2D eigenvalue weighted by atomic mass is 9.78. The highest BCUT2D eigenvalue weighted by Crippen LogP contribution is 2.39. The summed E-state index contributed by atoms with van der Waals surface area (Å²) in [6.07, 6.45) is 7.59. The van der Waals surface area contributed by atoms with Crippen LogP contribution < -0.4 is 9.47 Å². The van der Waals surface area contributed by atoms with Gasteiger partial charge in [0.1, 0.15) is 5.56 Å². The largest absolute Gasteiger partial charge is 0.481 e. The summed E-state index contributed by atoms with van der Waals surface area (Å²) in [6.45, 7) is 1.93. The molecule has 0 aromatic carbocycles. The van der Waals surface area contributed by atoms with Gasteiger partial charge in [0.25, 0.3) is 5.91 Å². The molecule has 10 nitrogen and oxygen atoms in total. The number of methoxy groups -OCH3 is 2. The first-order chi connectivity index (χ1) is 17.1. The van der Waals surface area contributed by atoms with E-state index in [-0.39, 0.29) is 17.4 Å². The number of piperidine rings is 1. The average molecular weight is 480 g/mol. The highest BCUT2D eigenvalue weighted by Gasteiger charge is 2.42. The number of carbonyl (C=O) groups excluding carboxylic acids is 1. The summed E-state index contributed by atoms with van der Waals surface area (Å²) < 4.78 is 22.3. The van der Waals surface area contributed by atoms with Crippen molar-refractivity contribution >= 4 is 5.91 Å². The van der Waals surface area contributed by atoms with Gasteiger partial charge in [-0.15, -0.1) is 0 Å². The van der Waals surface area contributed by atoms with Crippen LogP contribution in [0, 0.1) is 5.92 Å². The summed E-state index contributed by atoms with van der Waals surface area (Å²) >= 11 is 0. The molecule has 0 radical (unpaired) electrons. The Labute approximate surface area is 203 Å². The fourth-order valence-electron chi connectivity index (χ4n) is 4.99. The molecule has 2 aliphatic rings. The lowest BCUT2D eigenvalue weighted by molar-refractivity contribution is -0.124. The van der Waals surface area contributed by atoms with Crippen LogP contribution in [-0.2, 0) is 11.2 Å². The minimum atomic E-state index is -0.228. The van der Waals surface area contributed by atoms with E-state index in [1.807, 2.05) is 17.0 Å². The molecule has 0 saturated carbocycles. The predicted octanol–water partition coefficient (Wildman–Crippen LogP) is 3.19. The Kier molecular flexibility index (Phi) is 6.63. The minimum absolute atomic E-state index is 0.0898. The van der Waals surface area contributed by atoms with Crippen molar-refractivity contribution in [2.75, 3.05) is 33.9 Å². The van der Waals surface area contributed by atoms with E-state index in [9.17, 15) is 4.79 Å². The molecule has 35 heavy (non-hydrogen) atoms. The van der Waals surface area contributed by atoms with E-state index in [1.54, 1.807) is 24.5 Å². The predicted molar refractivity (Wildman–Crippen MR) is 125 cm³/mol. The van der Waals surface area contributed by atoms with Crippen molar-refractivity contribution in [3.63, 3.8) is 0 Å². The average Bonchev–Trinajstić information content (AvgIpc) is 3.37. The quantitative estimate of drug-likeness (QED) is 0.526. The number of hydrogen-bond donors (Lipinski definition) is 0. The number of rotatable bonds is 6. The molecule has 3 aromatic rings. The Morgan fingerprint density at radius 2 is 2.03 bits per heavy atom. The molecule has 10 heteroatoms. The summed E-state index contributed by atoms with van der Waals surface area (Å²) in [5.74, 6) is 2.18. The zero-order valence-corrected chi connectivity index (χ0v) is 20.0. The van der Waals surface area contributed by atoms with Gasteiger partial charge in [0.2, 0.25) is 23.5 Å². The SMILES string of the molecule is COc1ccc(C(=O)N2CCC3(CC2)CC(Cc2nc(-c4cccnc4)no2)CCO3)c(OC)n1. The first-order valence-electron chi connectivity index (χ1n) is 11.8. The molecule has 1 unspecified atom stereocenters. The van der Waals surface area contributed by atoms with Gasteiger partial charge in [0.15, 0.2) is 0 Å². The van der Waals surface area contributed by atoms with Gasteiger partial charge in [-0.25, -0.2) is 0 Å². The van der Waals surface area contributed by atoms with Crippen LogP contribution in [0.5, 0.6) is 11.8 Å². The summed E-state index contributed by atoms with van der Waals surface area (Å²) in [5.41, 5.74) is 1.05. The summed E-state index contributed by atoms with van der Waals surface area (Å²) in [4.78, 5) is 27.9. The van der Waals surface area contributed by atoms with Crippen molar-refractivity contribution in [2.45, 2.75) is 37.7 Å². The molecule has 5 rings (SSSR count). The van der Waals surface area contributed by atoms with Crippen molar-refractivity contribution in [3.8, 4) is 23.1 Å². The van der Waals surface area contributed by atoms with Crippen molar-refractivity contribution in [2.24, 2.45) is 5.92 Å². The van der Waals surface area contributed by atoms with Crippen molar-refractivity contribution < 1.29 is 23.5 Å². The van der Waals surface area contributed by atoms with E-state index in [2.05, 4.69) is 20.1 Å². The maximum Gasteiger partial charge on any atom is 0.259 e. The van der Waals surface area contributed by atoms with Crippen molar-refractivity contribution in [1.82, 2.24) is 25.0 Å². The number of amides is 1. The zero-order valence-electron chi connectivity index (χ0n) is 20.0. The second-order valence-electron chi connectivity index (χ2n) is 9.05. The van der Waals surface area contributed by atoms with Gasteiger partial charge < -0.3 is 23.6 Å². The Morgan fingerprint density at radius 3 is 2.77 bits per heavy atom. The maximum absolute atomic E-state index is 13.2. The van der Waals surface area contributed by atoms with Crippen LogP contribution >= 0.6 is 0 Å². The first-order valence-corrected chi connectivity index (χ1v) is 11.8. The fraction of sp³-hybridized carbons (Fsp3) is 0.480. The van der Waals surface area contributed by atoms with Gasteiger partial charge in [-0.2, -0.15) is 9.97 Å². The lowest BCUT2D eigenvalue weighted by Gasteiger charge is -2.46. The molecule has 2 saturated heterocycles. The molecule has 0 bridgehead atoms. The standard InChI is InChI=1S/C25H29N5O5/c1-32-20-6-5-19(23(28-20)33-2)24(31)30-11-8-25(9-12-30)15-17(7-13-34-25)14-21-27-22(29-35-21)18-4-3-10-26-16-18/h3-6,10,16-17H,7-9,11-15H2,1-2H3. The first kappa shape index (κ1) is 23.2. The van der Waals surface area contributed by atoms with E-state index >= 15 is 0 Å². The maximum atomic E-state index is 13.2. The van der Waals surface area contributed by atoms with Crippen LogP contribution in [0.15, 0.2) is 41.2 Å². The number of ether oxygens (including phenoxy) is 3. The molecule has 2 aliphatic heterocycles. The molecular formula is C25H29N5O5. The van der Waals surface area contributed by atoms with Crippen LogP contribution in [0.2, 0.25) is 0 Å². The molecule has 1 amide bonds. The normalized spacial score (nSPS) is 19.5. The van der Waals surface area contributed by atoms with E-state index in [1.165, 1.54) is 14.2 Å². The van der Waals surface area contributed by atoms with Crippen molar-refractivity contribution in [1.29, 1.82) is 0 Å². The number of carbonyl (C=O) groups is 1. The Hall–Kier alpha value is -3.53. The fourth-order valence-corrected chi connectivity index (χ4v) is 4.99. The number of likely N-dealkylation sites (tertiary alicyclic amines) is 1. The highest BCUT2D eigenvalue weighted by atomic mass is 16.5. The number of pyridine rings is 2. The summed E-state index contributed by atoms with van der Waals surface area (Å²) in [6, 6.07) is 7.14. The Bertz CT molecular complexity index is 1160. The zero-order chi connectivity index (χ0) is 24.3. The van der Waals surface area contributed by atoms with E-state index < -0.39 is 0 Å². The van der Waals surface area contributed by atoms with E-state index in [0.717, 1.165) is 37.7 Å². The third kappa shape index (κ3) is 4.97. The molecule has 5 heterocycles. The lowest BCUT2D eigenvalue weighted by Crippen LogP contribution is -2.51. The van der Waals surface area contributed by atoms with E-state index in [0.29, 0.717) is 48.8 Å².